The number of aliphatic carboxylic acids is 1. The lowest BCUT2D eigenvalue weighted by Gasteiger charge is -2.17. The summed E-state index contributed by atoms with van der Waals surface area (Å²) in [6, 6.07) is 3.81. The minimum absolute atomic E-state index is 0.165. The lowest BCUT2D eigenvalue weighted by atomic mass is 10.0. The third-order valence-electron chi connectivity index (χ3n) is 3.24. The predicted octanol–water partition coefficient (Wildman–Crippen LogP) is 2.00. The minimum atomic E-state index is -1.05. The number of nitrogens with one attached hydrogen (secondary N) is 2. The molecule has 1 aromatic rings. The van der Waals surface area contributed by atoms with Gasteiger partial charge in [0.05, 0.1) is 14.2 Å². The molecule has 1 rings (SSSR count). The van der Waals surface area contributed by atoms with Crippen molar-refractivity contribution in [2.45, 2.75) is 32.9 Å². The number of carbonyl (C=O) groups excluding carboxylic acids is 1. The zero-order valence-electron chi connectivity index (χ0n) is 13.9. The number of urea groups is 1. The molecule has 1 atom stereocenters. The molecular formula is C16H24N2O5. The summed E-state index contributed by atoms with van der Waals surface area (Å²) >= 11 is 0. The van der Waals surface area contributed by atoms with Crippen LogP contribution in [0.1, 0.15) is 25.8 Å². The second kappa shape index (κ2) is 8.87. The quantitative estimate of drug-likeness (QED) is 0.679. The van der Waals surface area contributed by atoms with Gasteiger partial charge in [-0.3, -0.25) is 0 Å². The van der Waals surface area contributed by atoms with Crippen LogP contribution >= 0.6 is 0 Å². The molecule has 0 fully saturated rings. The highest BCUT2D eigenvalue weighted by molar-refractivity contribution is 5.82. The van der Waals surface area contributed by atoms with Crippen LogP contribution in [0.3, 0.4) is 0 Å². The lowest BCUT2D eigenvalue weighted by molar-refractivity contribution is -0.139. The molecule has 0 aliphatic carbocycles. The molecule has 1 unspecified atom stereocenters. The van der Waals surface area contributed by atoms with Gasteiger partial charge in [0.1, 0.15) is 17.5 Å². The van der Waals surface area contributed by atoms with Gasteiger partial charge in [-0.1, -0.05) is 13.8 Å². The number of rotatable bonds is 8. The lowest BCUT2D eigenvalue weighted by Crippen LogP contribution is -2.46. The molecule has 0 aliphatic heterocycles. The number of benzene rings is 1. The average molecular weight is 324 g/mol. The minimum Gasteiger partial charge on any atom is -0.497 e. The largest absolute Gasteiger partial charge is 0.497 e. The van der Waals surface area contributed by atoms with E-state index < -0.39 is 18.0 Å². The summed E-state index contributed by atoms with van der Waals surface area (Å²) in [5.41, 5.74) is 0.763. The standard InChI is InChI=1S/C16H24N2O5/c1-10(2)7-13(15(19)20)18-16(21)17-9-11-5-6-12(22-3)8-14(11)23-4/h5-6,8,10,13H,7,9H2,1-4H3,(H,19,20)(H2,17,18,21). The predicted molar refractivity (Wildman–Crippen MR) is 85.8 cm³/mol. The molecule has 0 heterocycles. The fourth-order valence-corrected chi connectivity index (χ4v) is 2.08. The van der Waals surface area contributed by atoms with E-state index in [9.17, 15) is 9.59 Å². The fourth-order valence-electron chi connectivity index (χ4n) is 2.08. The first-order chi connectivity index (χ1) is 10.9. The van der Waals surface area contributed by atoms with Gasteiger partial charge >= 0.3 is 12.0 Å². The fraction of sp³-hybridized carbons (Fsp3) is 0.500. The molecule has 0 radical (unpaired) electrons. The van der Waals surface area contributed by atoms with Crippen molar-refractivity contribution >= 4 is 12.0 Å². The molecule has 0 bridgehead atoms. The van der Waals surface area contributed by atoms with Crippen LogP contribution in [0.4, 0.5) is 4.79 Å². The molecule has 2 amide bonds. The van der Waals surface area contributed by atoms with Crippen LogP contribution < -0.4 is 20.1 Å². The van der Waals surface area contributed by atoms with Gasteiger partial charge in [0.15, 0.2) is 0 Å². The SMILES string of the molecule is COc1ccc(CNC(=O)NC(CC(C)C)C(=O)O)c(OC)c1. The number of hydrogen-bond acceptors (Lipinski definition) is 4. The topological polar surface area (TPSA) is 96.9 Å². The van der Waals surface area contributed by atoms with Crippen molar-refractivity contribution in [3.05, 3.63) is 23.8 Å². The summed E-state index contributed by atoms with van der Waals surface area (Å²) in [5, 5.41) is 14.2. The van der Waals surface area contributed by atoms with E-state index in [1.165, 1.54) is 7.11 Å². The molecule has 7 heteroatoms. The Kier molecular flexibility index (Phi) is 7.18. The Morgan fingerprint density at radius 1 is 1.22 bits per heavy atom. The van der Waals surface area contributed by atoms with Crippen molar-refractivity contribution in [2.24, 2.45) is 5.92 Å². The number of hydrogen-bond donors (Lipinski definition) is 3. The molecule has 0 saturated heterocycles. The van der Waals surface area contributed by atoms with E-state index in [0.717, 1.165) is 5.56 Å². The molecule has 0 aliphatic rings. The summed E-state index contributed by atoms with van der Waals surface area (Å²) in [7, 11) is 3.09. The molecule has 7 nitrogen and oxygen atoms in total. The maximum Gasteiger partial charge on any atom is 0.326 e. The number of carboxylic acid groups (broad SMARTS) is 1. The van der Waals surface area contributed by atoms with Crippen LogP contribution in [-0.2, 0) is 11.3 Å². The summed E-state index contributed by atoms with van der Waals surface area (Å²) in [6.07, 6.45) is 0.370. The number of carbonyl (C=O) groups is 2. The highest BCUT2D eigenvalue weighted by Gasteiger charge is 2.21. The first-order valence-corrected chi connectivity index (χ1v) is 7.35. The Balaban J connectivity index is 2.63. The van der Waals surface area contributed by atoms with E-state index in [1.807, 2.05) is 13.8 Å². The van der Waals surface area contributed by atoms with Crippen molar-refractivity contribution in [3.63, 3.8) is 0 Å². The van der Waals surface area contributed by atoms with E-state index in [4.69, 9.17) is 14.6 Å². The molecule has 1 aromatic carbocycles. The zero-order chi connectivity index (χ0) is 17.4. The third kappa shape index (κ3) is 6.06. The van der Waals surface area contributed by atoms with Gasteiger partial charge in [0.2, 0.25) is 0 Å². The molecule has 3 N–H and O–H groups in total. The van der Waals surface area contributed by atoms with E-state index in [2.05, 4.69) is 10.6 Å². The summed E-state index contributed by atoms with van der Waals surface area (Å²) < 4.78 is 10.4. The van der Waals surface area contributed by atoms with Crippen LogP contribution in [0.15, 0.2) is 18.2 Å². The van der Waals surface area contributed by atoms with Crippen LogP contribution in [0.5, 0.6) is 11.5 Å². The van der Waals surface area contributed by atoms with Crippen LogP contribution in [0.25, 0.3) is 0 Å². The number of methoxy groups -OCH3 is 2. The van der Waals surface area contributed by atoms with Gasteiger partial charge < -0.3 is 25.2 Å². The zero-order valence-corrected chi connectivity index (χ0v) is 13.9. The van der Waals surface area contributed by atoms with Gasteiger partial charge in [-0.2, -0.15) is 0 Å². The average Bonchev–Trinajstić information content (AvgIpc) is 2.51. The van der Waals surface area contributed by atoms with Crippen LogP contribution in [-0.4, -0.2) is 37.4 Å². The molecule has 0 saturated carbocycles. The van der Waals surface area contributed by atoms with E-state index in [1.54, 1.807) is 25.3 Å². The van der Waals surface area contributed by atoms with Gasteiger partial charge in [-0.15, -0.1) is 0 Å². The monoisotopic (exact) mass is 324 g/mol. The maximum atomic E-state index is 11.9. The smallest absolute Gasteiger partial charge is 0.326 e. The van der Waals surface area contributed by atoms with Crippen molar-refractivity contribution in [1.82, 2.24) is 10.6 Å². The van der Waals surface area contributed by atoms with Crippen molar-refractivity contribution in [3.8, 4) is 11.5 Å². The molecule has 0 spiro atoms. The molecule has 128 valence electrons. The Morgan fingerprint density at radius 3 is 2.43 bits per heavy atom. The summed E-state index contributed by atoms with van der Waals surface area (Å²) in [6.45, 7) is 4.02. The third-order valence-corrected chi connectivity index (χ3v) is 3.24. The maximum absolute atomic E-state index is 11.9. The molecule has 0 aromatic heterocycles. The van der Waals surface area contributed by atoms with Crippen molar-refractivity contribution < 1.29 is 24.2 Å². The molecular weight excluding hydrogens is 300 g/mol. The van der Waals surface area contributed by atoms with E-state index in [0.29, 0.717) is 17.9 Å². The molecule has 23 heavy (non-hydrogen) atoms. The van der Waals surface area contributed by atoms with Gasteiger partial charge in [-0.25, -0.2) is 9.59 Å². The van der Waals surface area contributed by atoms with Gasteiger partial charge in [0, 0.05) is 18.2 Å². The Labute approximate surface area is 136 Å². The second-order valence-electron chi connectivity index (χ2n) is 5.53. The van der Waals surface area contributed by atoms with Gasteiger partial charge in [0.25, 0.3) is 0 Å². The summed E-state index contributed by atoms with van der Waals surface area (Å²) in [5.74, 6) is 0.355. The summed E-state index contributed by atoms with van der Waals surface area (Å²) in [4.78, 5) is 23.0. The van der Waals surface area contributed by atoms with E-state index >= 15 is 0 Å². The van der Waals surface area contributed by atoms with E-state index in [-0.39, 0.29) is 12.5 Å². The highest BCUT2D eigenvalue weighted by Crippen LogP contribution is 2.24. The number of ether oxygens (including phenoxy) is 2. The van der Waals surface area contributed by atoms with Crippen LogP contribution in [0.2, 0.25) is 0 Å². The Bertz CT molecular complexity index is 545. The van der Waals surface area contributed by atoms with Crippen LogP contribution in [0, 0.1) is 5.92 Å². The Hall–Kier alpha value is -2.44. The first-order valence-electron chi connectivity index (χ1n) is 7.35. The normalized spacial score (nSPS) is 11.7. The number of amides is 2. The highest BCUT2D eigenvalue weighted by atomic mass is 16.5. The second-order valence-corrected chi connectivity index (χ2v) is 5.53. The van der Waals surface area contributed by atoms with Gasteiger partial charge in [-0.05, 0) is 24.5 Å². The van der Waals surface area contributed by atoms with Crippen molar-refractivity contribution in [1.29, 1.82) is 0 Å². The van der Waals surface area contributed by atoms with Crippen molar-refractivity contribution in [2.75, 3.05) is 14.2 Å². The number of carboxylic acids is 1. The first kappa shape index (κ1) is 18.6. The Morgan fingerprint density at radius 2 is 1.91 bits per heavy atom.